The summed E-state index contributed by atoms with van der Waals surface area (Å²) in [7, 11) is 0. The van der Waals surface area contributed by atoms with E-state index in [0.717, 1.165) is 24.2 Å². The van der Waals surface area contributed by atoms with Crippen LogP contribution in [0, 0.1) is 0 Å². The first-order valence-corrected chi connectivity index (χ1v) is 12.8. The molecule has 1 aromatic heterocycles. The standard InChI is InChI=1S/C31H35N3O3/c1-5-6-19-34(20-28-32-27-10-8-7-9-26(27)29(35)33-28)30(36)23-13-11-22(12-14-23)21-37-25-17-15-24(16-18-25)31(2,3)4/h7-18H,5-6,19-21H2,1-4H3,(H,32,33,35). The third-order valence-corrected chi connectivity index (χ3v) is 6.40. The summed E-state index contributed by atoms with van der Waals surface area (Å²) in [4.78, 5) is 35.0. The summed E-state index contributed by atoms with van der Waals surface area (Å²) in [5.74, 6) is 1.21. The molecular weight excluding hydrogens is 462 g/mol. The number of unbranched alkanes of at least 4 members (excludes halogenated alkanes) is 1. The van der Waals surface area contributed by atoms with Gasteiger partial charge in [-0.3, -0.25) is 9.59 Å². The number of aromatic nitrogens is 2. The van der Waals surface area contributed by atoms with Gasteiger partial charge in [0.25, 0.3) is 11.5 Å². The Balaban J connectivity index is 1.44. The predicted molar refractivity (Wildman–Crippen MR) is 148 cm³/mol. The Hall–Kier alpha value is -3.93. The van der Waals surface area contributed by atoms with Crippen molar-refractivity contribution in [3.05, 3.63) is 106 Å². The molecule has 6 heteroatoms. The van der Waals surface area contributed by atoms with Gasteiger partial charge in [-0.15, -0.1) is 0 Å². The molecule has 1 heterocycles. The fraction of sp³-hybridized carbons (Fsp3) is 0.323. The molecule has 0 atom stereocenters. The minimum absolute atomic E-state index is 0.0884. The van der Waals surface area contributed by atoms with Crippen molar-refractivity contribution < 1.29 is 9.53 Å². The fourth-order valence-electron chi connectivity index (χ4n) is 4.14. The number of carbonyl (C=O) groups is 1. The number of ether oxygens (including phenoxy) is 1. The molecule has 1 amide bonds. The van der Waals surface area contributed by atoms with Crippen LogP contribution in [-0.4, -0.2) is 27.3 Å². The Morgan fingerprint density at radius 2 is 1.68 bits per heavy atom. The molecule has 3 aromatic carbocycles. The third-order valence-electron chi connectivity index (χ3n) is 6.40. The number of H-pyrrole nitrogens is 1. The highest BCUT2D eigenvalue weighted by molar-refractivity contribution is 5.94. The first kappa shape index (κ1) is 26.1. The van der Waals surface area contributed by atoms with E-state index in [0.29, 0.717) is 35.4 Å². The molecule has 0 saturated heterocycles. The van der Waals surface area contributed by atoms with Crippen molar-refractivity contribution in [3.8, 4) is 5.75 Å². The summed E-state index contributed by atoms with van der Waals surface area (Å²) < 4.78 is 5.95. The quantitative estimate of drug-likeness (QED) is 0.297. The highest BCUT2D eigenvalue weighted by Gasteiger charge is 2.18. The van der Waals surface area contributed by atoms with Crippen LogP contribution >= 0.6 is 0 Å². The van der Waals surface area contributed by atoms with Crippen molar-refractivity contribution in [3.63, 3.8) is 0 Å². The maximum Gasteiger partial charge on any atom is 0.258 e. The Morgan fingerprint density at radius 1 is 0.973 bits per heavy atom. The smallest absolute Gasteiger partial charge is 0.258 e. The van der Waals surface area contributed by atoms with Gasteiger partial charge >= 0.3 is 0 Å². The molecule has 4 aromatic rings. The lowest BCUT2D eigenvalue weighted by atomic mass is 9.87. The molecule has 0 saturated carbocycles. The van der Waals surface area contributed by atoms with Crippen LogP contribution in [0.1, 0.15) is 67.8 Å². The predicted octanol–water partition coefficient (Wildman–Crippen LogP) is 6.24. The van der Waals surface area contributed by atoms with Gasteiger partial charge in [0.15, 0.2) is 0 Å². The Kier molecular flexibility index (Phi) is 8.07. The number of nitrogens with zero attached hydrogens (tertiary/aromatic N) is 2. The van der Waals surface area contributed by atoms with Crippen LogP contribution in [0.5, 0.6) is 5.75 Å². The second kappa shape index (κ2) is 11.4. The summed E-state index contributed by atoms with van der Waals surface area (Å²) in [6, 6.07) is 22.9. The van der Waals surface area contributed by atoms with E-state index >= 15 is 0 Å². The number of carbonyl (C=O) groups excluding carboxylic acids is 1. The van der Waals surface area contributed by atoms with Gasteiger partial charge in [0, 0.05) is 12.1 Å². The van der Waals surface area contributed by atoms with Gasteiger partial charge in [-0.25, -0.2) is 4.98 Å². The highest BCUT2D eigenvalue weighted by Crippen LogP contribution is 2.24. The summed E-state index contributed by atoms with van der Waals surface area (Å²) >= 11 is 0. The van der Waals surface area contributed by atoms with Crippen molar-refractivity contribution >= 4 is 16.8 Å². The lowest BCUT2D eigenvalue weighted by molar-refractivity contribution is 0.0736. The average Bonchev–Trinajstić information content (AvgIpc) is 2.89. The van der Waals surface area contributed by atoms with Crippen molar-refractivity contribution in [2.24, 2.45) is 0 Å². The molecule has 0 spiro atoms. The van der Waals surface area contributed by atoms with E-state index in [1.807, 2.05) is 54.6 Å². The van der Waals surface area contributed by atoms with Crippen molar-refractivity contribution in [1.29, 1.82) is 0 Å². The number of amides is 1. The van der Waals surface area contributed by atoms with E-state index in [4.69, 9.17) is 4.74 Å². The molecule has 4 rings (SSSR count). The second-order valence-corrected chi connectivity index (χ2v) is 10.4. The summed E-state index contributed by atoms with van der Waals surface area (Å²) in [6.07, 6.45) is 1.82. The monoisotopic (exact) mass is 497 g/mol. The number of hydrogen-bond acceptors (Lipinski definition) is 4. The van der Waals surface area contributed by atoms with Gasteiger partial charge in [0.1, 0.15) is 18.2 Å². The number of rotatable bonds is 9. The number of fused-ring (bicyclic) bond motifs is 1. The van der Waals surface area contributed by atoms with Crippen LogP contribution in [0.25, 0.3) is 10.9 Å². The molecular formula is C31H35N3O3. The zero-order chi connectivity index (χ0) is 26.4. The first-order chi connectivity index (χ1) is 17.7. The third kappa shape index (κ3) is 6.64. The lowest BCUT2D eigenvalue weighted by Gasteiger charge is -2.22. The molecule has 0 unspecified atom stereocenters. The van der Waals surface area contributed by atoms with Gasteiger partial charge in [-0.05, 0) is 59.4 Å². The molecule has 0 bridgehead atoms. The van der Waals surface area contributed by atoms with E-state index in [1.54, 1.807) is 11.0 Å². The van der Waals surface area contributed by atoms with Gasteiger partial charge in [-0.2, -0.15) is 0 Å². The zero-order valence-corrected chi connectivity index (χ0v) is 22.1. The minimum Gasteiger partial charge on any atom is -0.489 e. The van der Waals surface area contributed by atoms with Gasteiger partial charge in [-0.1, -0.05) is 70.5 Å². The normalized spacial score (nSPS) is 11.5. The SMILES string of the molecule is CCCCN(Cc1nc2ccccc2c(=O)[nH]1)C(=O)c1ccc(COc2ccc(C(C)(C)C)cc2)cc1. The number of nitrogens with one attached hydrogen (secondary N) is 1. The topological polar surface area (TPSA) is 75.3 Å². The average molecular weight is 498 g/mol. The fourth-order valence-corrected chi connectivity index (χ4v) is 4.14. The van der Waals surface area contributed by atoms with E-state index in [1.165, 1.54) is 5.56 Å². The summed E-state index contributed by atoms with van der Waals surface area (Å²) in [6.45, 7) is 9.90. The van der Waals surface area contributed by atoms with Crippen LogP contribution in [0.4, 0.5) is 0 Å². The minimum atomic E-state index is -0.194. The highest BCUT2D eigenvalue weighted by atomic mass is 16.5. The molecule has 192 valence electrons. The maximum atomic E-state index is 13.4. The zero-order valence-electron chi connectivity index (χ0n) is 22.1. The summed E-state index contributed by atoms with van der Waals surface area (Å²) in [5, 5.41) is 0.542. The largest absolute Gasteiger partial charge is 0.489 e. The van der Waals surface area contributed by atoms with Crippen LogP contribution in [0.15, 0.2) is 77.6 Å². The number of para-hydroxylation sites is 1. The Morgan fingerprint density at radius 3 is 2.35 bits per heavy atom. The number of benzene rings is 3. The van der Waals surface area contributed by atoms with Crippen LogP contribution in [-0.2, 0) is 18.6 Å². The lowest BCUT2D eigenvalue weighted by Crippen LogP contribution is -2.33. The van der Waals surface area contributed by atoms with Crippen LogP contribution in [0.2, 0.25) is 0 Å². The molecule has 0 aliphatic carbocycles. The van der Waals surface area contributed by atoms with Crippen molar-refractivity contribution in [1.82, 2.24) is 14.9 Å². The van der Waals surface area contributed by atoms with E-state index in [-0.39, 0.29) is 23.4 Å². The van der Waals surface area contributed by atoms with E-state index in [9.17, 15) is 9.59 Å². The van der Waals surface area contributed by atoms with E-state index < -0.39 is 0 Å². The molecule has 6 nitrogen and oxygen atoms in total. The van der Waals surface area contributed by atoms with Gasteiger partial charge in [0.2, 0.25) is 0 Å². The molecule has 0 aliphatic rings. The van der Waals surface area contributed by atoms with Gasteiger partial charge < -0.3 is 14.6 Å². The molecule has 0 fully saturated rings. The number of hydrogen-bond donors (Lipinski definition) is 1. The van der Waals surface area contributed by atoms with Crippen molar-refractivity contribution in [2.75, 3.05) is 6.54 Å². The second-order valence-electron chi connectivity index (χ2n) is 10.4. The molecule has 37 heavy (non-hydrogen) atoms. The molecule has 0 aliphatic heterocycles. The molecule has 0 radical (unpaired) electrons. The van der Waals surface area contributed by atoms with Crippen LogP contribution in [0.3, 0.4) is 0 Å². The van der Waals surface area contributed by atoms with Crippen LogP contribution < -0.4 is 10.3 Å². The Bertz CT molecular complexity index is 1400. The Labute approximate surface area is 218 Å². The van der Waals surface area contributed by atoms with E-state index in [2.05, 4.69) is 49.8 Å². The summed E-state index contributed by atoms with van der Waals surface area (Å²) in [5.41, 5.74) is 3.38. The van der Waals surface area contributed by atoms with Gasteiger partial charge in [0.05, 0.1) is 17.4 Å². The first-order valence-electron chi connectivity index (χ1n) is 12.8. The number of aromatic amines is 1. The van der Waals surface area contributed by atoms with Crippen molar-refractivity contribution in [2.45, 2.75) is 59.1 Å². The molecule has 1 N–H and O–H groups in total. The maximum absolute atomic E-state index is 13.4.